The normalized spacial score (nSPS) is 32.2. The van der Waals surface area contributed by atoms with Gasteiger partial charge in [0.25, 0.3) is 0 Å². The second kappa shape index (κ2) is 3.52. The average molecular weight is 157 g/mol. The third-order valence-electron chi connectivity index (χ3n) is 2.35. The lowest BCUT2D eigenvalue weighted by atomic mass is 10.3. The Balaban J connectivity index is 2.35. The molecule has 2 atom stereocenters. The molecule has 66 valence electrons. The molecule has 3 nitrogen and oxygen atoms in total. The lowest BCUT2D eigenvalue weighted by Crippen LogP contribution is -2.44. The summed E-state index contributed by atoms with van der Waals surface area (Å²) in [5.74, 6) is 0. The van der Waals surface area contributed by atoms with Crippen molar-refractivity contribution in [1.82, 2.24) is 15.1 Å². The number of hydrogen-bond donors (Lipinski definition) is 1. The zero-order valence-electron chi connectivity index (χ0n) is 7.96. The van der Waals surface area contributed by atoms with Crippen molar-refractivity contribution in [3.8, 4) is 0 Å². The van der Waals surface area contributed by atoms with Crippen molar-refractivity contribution in [2.24, 2.45) is 0 Å². The number of nitrogens with zero attached hydrogens (tertiary/aromatic N) is 2. The lowest BCUT2D eigenvalue weighted by Gasteiger charge is -2.23. The molecule has 0 saturated carbocycles. The van der Waals surface area contributed by atoms with E-state index in [0.717, 1.165) is 0 Å². The highest BCUT2D eigenvalue weighted by atomic mass is 15.3. The first kappa shape index (κ1) is 8.97. The smallest absolute Gasteiger partial charge is 0.0605 e. The molecule has 0 aromatic heterocycles. The van der Waals surface area contributed by atoms with Crippen LogP contribution in [0.15, 0.2) is 0 Å². The van der Waals surface area contributed by atoms with Crippen LogP contribution in [0.1, 0.15) is 12.8 Å². The van der Waals surface area contributed by atoms with E-state index in [1.54, 1.807) is 0 Å². The van der Waals surface area contributed by atoms with Crippen molar-refractivity contribution in [2.75, 3.05) is 28.2 Å². The van der Waals surface area contributed by atoms with Crippen LogP contribution in [0.5, 0.6) is 0 Å². The van der Waals surface area contributed by atoms with Crippen LogP contribution in [-0.2, 0) is 0 Å². The molecule has 11 heavy (non-hydrogen) atoms. The first-order chi connectivity index (χ1) is 5.11. The first-order valence-electron chi connectivity index (χ1n) is 4.20. The SMILES string of the molecule is CN(C)C1CCC(N(C)C)N1. The Morgan fingerprint density at radius 1 is 0.909 bits per heavy atom. The van der Waals surface area contributed by atoms with Gasteiger partial charge in [0, 0.05) is 0 Å². The maximum atomic E-state index is 3.54. The summed E-state index contributed by atoms with van der Waals surface area (Å²) < 4.78 is 0. The van der Waals surface area contributed by atoms with Gasteiger partial charge in [0.05, 0.1) is 12.3 Å². The van der Waals surface area contributed by atoms with Gasteiger partial charge in [0.2, 0.25) is 0 Å². The molecule has 1 fully saturated rings. The average Bonchev–Trinajstić information content (AvgIpc) is 2.33. The molecular weight excluding hydrogens is 138 g/mol. The van der Waals surface area contributed by atoms with E-state index in [4.69, 9.17) is 0 Å². The van der Waals surface area contributed by atoms with Gasteiger partial charge in [-0.25, -0.2) is 0 Å². The number of rotatable bonds is 2. The van der Waals surface area contributed by atoms with E-state index in [1.807, 2.05) is 0 Å². The van der Waals surface area contributed by atoms with Gasteiger partial charge in [-0.3, -0.25) is 15.1 Å². The molecule has 0 aliphatic carbocycles. The first-order valence-corrected chi connectivity index (χ1v) is 4.20. The van der Waals surface area contributed by atoms with Crippen molar-refractivity contribution in [3.63, 3.8) is 0 Å². The van der Waals surface area contributed by atoms with E-state index in [1.165, 1.54) is 12.8 Å². The third kappa shape index (κ3) is 2.15. The van der Waals surface area contributed by atoms with Crippen LogP contribution in [0, 0.1) is 0 Å². The van der Waals surface area contributed by atoms with Crippen LogP contribution in [0.3, 0.4) is 0 Å². The summed E-state index contributed by atoms with van der Waals surface area (Å²) in [6.07, 6.45) is 3.66. The Morgan fingerprint density at radius 3 is 1.45 bits per heavy atom. The van der Waals surface area contributed by atoms with Gasteiger partial charge < -0.3 is 0 Å². The summed E-state index contributed by atoms with van der Waals surface area (Å²) in [5.41, 5.74) is 0. The van der Waals surface area contributed by atoms with Crippen molar-refractivity contribution in [2.45, 2.75) is 25.2 Å². The summed E-state index contributed by atoms with van der Waals surface area (Å²) in [7, 11) is 8.48. The van der Waals surface area contributed by atoms with Crippen molar-refractivity contribution >= 4 is 0 Å². The molecule has 0 bridgehead atoms. The van der Waals surface area contributed by atoms with Crippen LogP contribution in [0.4, 0.5) is 0 Å². The van der Waals surface area contributed by atoms with E-state index in [2.05, 4.69) is 43.3 Å². The van der Waals surface area contributed by atoms with Crippen LogP contribution in [0.2, 0.25) is 0 Å². The van der Waals surface area contributed by atoms with Gasteiger partial charge in [-0.2, -0.15) is 0 Å². The van der Waals surface area contributed by atoms with Crippen LogP contribution in [0.25, 0.3) is 0 Å². The maximum Gasteiger partial charge on any atom is 0.0605 e. The number of nitrogens with one attached hydrogen (secondary N) is 1. The van der Waals surface area contributed by atoms with Crippen LogP contribution < -0.4 is 5.32 Å². The highest BCUT2D eigenvalue weighted by Gasteiger charge is 2.25. The molecule has 0 radical (unpaired) electrons. The Labute approximate surface area is 69.4 Å². The predicted molar refractivity (Wildman–Crippen MR) is 47.3 cm³/mol. The maximum absolute atomic E-state index is 3.54. The van der Waals surface area contributed by atoms with Crippen LogP contribution >= 0.6 is 0 Å². The van der Waals surface area contributed by atoms with Gasteiger partial charge in [-0.05, 0) is 41.0 Å². The highest BCUT2D eigenvalue weighted by Crippen LogP contribution is 2.14. The fourth-order valence-electron chi connectivity index (χ4n) is 1.52. The fourth-order valence-corrected chi connectivity index (χ4v) is 1.52. The Hall–Kier alpha value is -0.120. The summed E-state index contributed by atoms with van der Waals surface area (Å²) in [5, 5.41) is 3.54. The molecule has 1 heterocycles. The Bertz CT molecular complexity index is 109. The number of hydrogen-bond acceptors (Lipinski definition) is 3. The zero-order valence-corrected chi connectivity index (χ0v) is 7.96. The summed E-state index contributed by atoms with van der Waals surface area (Å²) in [6.45, 7) is 0. The summed E-state index contributed by atoms with van der Waals surface area (Å²) >= 11 is 0. The molecule has 1 rings (SSSR count). The Morgan fingerprint density at radius 2 is 1.27 bits per heavy atom. The van der Waals surface area contributed by atoms with Gasteiger partial charge in [-0.15, -0.1) is 0 Å². The van der Waals surface area contributed by atoms with E-state index in [-0.39, 0.29) is 0 Å². The second-order valence-electron chi connectivity index (χ2n) is 3.70. The second-order valence-corrected chi connectivity index (χ2v) is 3.70. The van der Waals surface area contributed by atoms with Gasteiger partial charge in [-0.1, -0.05) is 0 Å². The quantitative estimate of drug-likeness (QED) is 0.615. The van der Waals surface area contributed by atoms with E-state index >= 15 is 0 Å². The molecular formula is C8H19N3. The van der Waals surface area contributed by atoms with Gasteiger partial charge in [0.1, 0.15) is 0 Å². The molecule has 0 aromatic carbocycles. The van der Waals surface area contributed by atoms with Crippen LogP contribution in [-0.4, -0.2) is 50.3 Å². The molecule has 0 amide bonds. The van der Waals surface area contributed by atoms with E-state index < -0.39 is 0 Å². The monoisotopic (exact) mass is 157 g/mol. The van der Waals surface area contributed by atoms with Crippen molar-refractivity contribution in [3.05, 3.63) is 0 Å². The Kier molecular flexibility index (Phi) is 2.87. The standard InChI is InChI=1S/C8H19N3/c1-10(2)7-5-6-8(9-7)11(3)4/h7-9H,5-6H2,1-4H3. The highest BCUT2D eigenvalue weighted by molar-refractivity contribution is 4.79. The van der Waals surface area contributed by atoms with Gasteiger partial charge in [0.15, 0.2) is 0 Å². The molecule has 1 saturated heterocycles. The summed E-state index contributed by atoms with van der Waals surface area (Å²) in [6, 6.07) is 0. The molecule has 0 spiro atoms. The molecule has 1 aliphatic rings. The summed E-state index contributed by atoms with van der Waals surface area (Å²) in [4.78, 5) is 4.48. The minimum Gasteiger partial charge on any atom is -0.294 e. The molecule has 3 heteroatoms. The molecule has 1 N–H and O–H groups in total. The van der Waals surface area contributed by atoms with Gasteiger partial charge >= 0.3 is 0 Å². The third-order valence-corrected chi connectivity index (χ3v) is 2.35. The molecule has 1 aliphatic heterocycles. The predicted octanol–water partition coefficient (Wildman–Crippen LogP) is 0.145. The van der Waals surface area contributed by atoms with Crippen molar-refractivity contribution in [1.29, 1.82) is 0 Å². The van der Waals surface area contributed by atoms with E-state index in [0.29, 0.717) is 12.3 Å². The minimum atomic E-state index is 0.572. The topological polar surface area (TPSA) is 18.5 Å². The van der Waals surface area contributed by atoms with E-state index in [9.17, 15) is 0 Å². The molecule has 2 unspecified atom stereocenters. The van der Waals surface area contributed by atoms with Crippen molar-refractivity contribution < 1.29 is 0 Å². The minimum absolute atomic E-state index is 0.572. The zero-order chi connectivity index (χ0) is 8.43. The lowest BCUT2D eigenvalue weighted by molar-refractivity contribution is 0.214. The molecule has 0 aromatic rings. The fraction of sp³-hybridized carbons (Fsp3) is 1.00. The largest absolute Gasteiger partial charge is 0.294 e.